The highest BCUT2D eigenvalue weighted by atomic mass is 79.9. The van der Waals surface area contributed by atoms with Crippen LogP contribution in [0.25, 0.3) is 11.2 Å². The lowest BCUT2D eigenvalue weighted by molar-refractivity contribution is -0.136. The number of oxazole rings is 1. The number of nitrogens with zero attached hydrogens (tertiary/aromatic N) is 2. The smallest absolute Gasteiger partial charge is 0.312 e. The van der Waals surface area contributed by atoms with Crippen molar-refractivity contribution >= 4 is 33.1 Å². The number of hydrogen-bond acceptors (Lipinski definition) is 4. The number of halogens is 1. The number of rotatable bonds is 2. The molecule has 0 fully saturated rings. The monoisotopic (exact) mass is 256 g/mol. The van der Waals surface area contributed by atoms with Crippen molar-refractivity contribution < 1.29 is 14.3 Å². The van der Waals surface area contributed by atoms with Crippen LogP contribution in [0.2, 0.25) is 0 Å². The molecule has 72 valence electrons. The van der Waals surface area contributed by atoms with E-state index in [0.29, 0.717) is 11.2 Å². The van der Waals surface area contributed by atoms with Gasteiger partial charge in [0.1, 0.15) is 6.42 Å². The molecule has 0 saturated carbocycles. The first-order chi connectivity index (χ1) is 6.65. The molecule has 0 aliphatic rings. The Kier molecular flexibility index (Phi) is 2.20. The molecule has 14 heavy (non-hydrogen) atoms. The molecule has 2 rings (SSSR count). The molecule has 0 saturated heterocycles. The fourth-order valence-electron chi connectivity index (χ4n) is 1.05. The van der Waals surface area contributed by atoms with Crippen LogP contribution in [0.1, 0.15) is 5.89 Å². The van der Waals surface area contributed by atoms with Crippen LogP contribution in [-0.2, 0) is 11.2 Å². The van der Waals surface area contributed by atoms with Gasteiger partial charge in [-0.25, -0.2) is 4.98 Å². The zero-order valence-electron chi connectivity index (χ0n) is 6.90. The molecule has 2 aromatic heterocycles. The number of carbonyl (C=O) groups is 1. The minimum atomic E-state index is -0.976. The Bertz CT molecular complexity index is 494. The topological polar surface area (TPSA) is 76.2 Å². The molecule has 0 amide bonds. The molecule has 0 atom stereocenters. The van der Waals surface area contributed by atoms with Gasteiger partial charge in [-0.2, -0.15) is 4.98 Å². The normalized spacial score (nSPS) is 10.6. The number of pyridine rings is 1. The summed E-state index contributed by atoms with van der Waals surface area (Å²) < 4.78 is 5.94. The maximum absolute atomic E-state index is 10.4. The summed E-state index contributed by atoms with van der Waals surface area (Å²) in [6.07, 6.45) is 1.35. The lowest BCUT2D eigenvalue weighted by Crippen LogP contribution is -1.99. The second-order valence-corrected chi connectivity index (χ2v) is 3.57. The first-order valence-corrected chi connectivity index (χ1v) is 4.57. The summed E-state index contributed by atoms with van der Waals surface area (Å²) in [4.78, 5) is 18.3. The van der Waals surface area contributed by atoms with E-state index < -0.39 is 5.97 Å². The number of aliphatic carboxylic acids is 1. The lowest BCUT2D eigenvalue weighted by Gasteiger charge is -1.86. The molecule has 0 unspecified atom stereocenters. The van der Waals surface area contributed by atoms with Crippen LogP contribution in [0, 0.1) is 0 Å². The number of carboxylic acid groups (broad SMARTS) is 1. The average Bonchev–Trinajstić information content (AvgIpc) is 2.44. The lowest BCUT2D eigenvalue weighted by atomic mass is 10.4. The predicted molar refractivity (Wildman–Crippen MR) is 50.8 cm³/mol. The highest BCUT2D eigenvalue weighted by Crippen LogP contribution is 2.18. The summed E-state index contributed by atoms with van der Waals surface area (Å²) in [7, 11) is 0. The van der Waals surface area contributed by atoms with Crippen LogP contribution in [-0.4, -0.2) is 21.0 Å². The van der Waals surface area contributed by atoms with Crippen molar-refractivity contribution in [3.63, 3.8) is 0 Å². The largest absolute Gasteiger partial charge is 0.481 e. The van der Waals surface area contributed by atoms with Gasteiger partial charge in [0, 0.05) is 16.7 Å². The fourth-order valence-corrected chi connectivity index (χ4v) is 1.36. The molecule has 2 heterocycles. The van der Waals surface area contributed by atoms with Crippen molar-refractivity contribution in [1.29, 1.82) is 0 Å². The number of aromatic nitrogens is 2. The highest BCUT2D eigenvalue weighted by molar-refractivity contribution is 9.10. The zero-order chi connectivity index (χ0) is 10.1. The summed E-state index contributed by atoms with van der Waals surface area (Å²) in [5.74, 6) is -0.811. The van der Waals surface area contributed by atoms with Gasteiger partial charge < -0.3 is 9.52 Å². The van der Waals surface area contributed by atoms with E-state index in [4.69, 9.17) is 9.52 Å². The predicted octanol–water partition coefficient (Wildman–Crippen LogP) is 1.61. The van der Waals surface area contributed by atoms with Crippen LogP contribution in [0.15, 0.2) is 21.2 Å². The van der Waals surface area contributed by atoms with E-state index in [1.165, 1.54) is 0 Å². The Labute approximate surface area is 86.9 Å². The Morgan fingerprint density at radius 2 is 2.43 bits per heavy atom. The zero-order valence-corrected chi connectivity index (χ0v) is 8.48. The summed E-state index contributed by atoms with van der Waals surface area (Å²) in [6, 6.07) is 1.70. The van der Waals surface area contributed by atoms with Crippen molar-refractivity contribution in [2.75, 3.05) is 0 Å². The second kappa shape index (κ2) is 3.38. The molecular weight excluding hydrogens is 252 g/mol. The molecule has 5 nitrogen and oxygen atoms in total. The van der Waals surface area contributed by atoms with Gasteiger partial charge in [0.25, 0.3) is 0 Å². The second-order valence-electron chi connectivity index (χ2n) is 2.65. The van der Waals surface area contributed by atoms with Gasteiger partial charge in [0.05, 0.1) is 0 Å². The highest BCUT2D eigenvalue weighted by Gasteiger charge is 2.10. The number of fused-ring (bicyclic) bond motifs is 1. The third-order valence-electron chi connectivity index (χ3n) is 1.56. The third kappa shape index (κ3) is 1.74. The van der Waals surface area contributed by atoms with Gasteiger partial charge in [-0.1, -0.05) is 0 Å². The van der Waals surface area contributed by atoms with Crippen molar-refractivity contribution in [2.45, 2.75) is 6.42 Å². The Hall–Kier alpha value is -1.43. The number of carboxylic acids is 1. The van der Waals surface area contributed by atoms with E-state index in [-0.39, 0.29) is 12.3 Å². The molecule has 6 heteroatoms. The summed E-state index contributed by atoms with van der Waals surface area (Å²) in [6.45, 7) is 0. The van der Waals surface area contributed by atoms with E-state index in [2.05, 4.69) is 25.9 Å². The van der Waals surface area contributed by atoms with Gasteiger partial charge in [-0.05, 0) is 15.9 Å². The standard InChI is InChI=1S/C8H5BrN2O3/c9-4-1-5-8(10-3-4)11-6(14-5)2-7(12)13/h1,3H,2H2,(H,12,13). The summed E-state index contributed by atoms with van der Waals surface area (Å²) >= 11 is 3.23. The minimum Gasteiger partial charge on any atom is -0.481 e. The van der Waals surface area contributed by atoms with Crippen LogP contribution >= 0.6 is 15.9 Å². The molecule has 2 aromatic rings. The van der Waals surface area contributed by atoms with E-state index in [1.807, 2.05) is 0 Å². The van der Waals surface area contributed by atoms with Crippen LogP contribution < -0.4 is 0 Å². The number of hydrogen-bond donors (Lipinski definition) is 1. The van der Waals surface area contributed by atoms with Gasteiger partial charge in [0.2, 0.25) is 5.89 Å². The first-order valence-electron chi connectivity index (χ1n) is 3.78. The Balaban J connectivity index is 2.46. The van der Waals surface area contributed by atoms with E-state index in [0.717, 1.165) is 4.47 Å². The van der Waals surface area contributed by atoms with Crippen LogP contribution in [0.4, 0.5) is 0 Å². The molecule has 0 radical (unpaired) electrons. The molecule has 0 aromatic carbocycles. The quantitative estimate of drug-likeness (QED) is 0.884. The Morgan fingerprint density at radius 1 is 1.64 bits per heavy atom. The Morgan fingerprint density at radius 3 is 3.14 bits per heavy atom. The molecule has 1 N–H and O–H groups in total. The molecule has 0 aliphatic carbocycles. The van der Waals surface area contributed by atoms with E-state index in [1.54, 1.807) is 12.3 Å². The average molecular weight is 257 g/mol. The van der Waals surface area contributed by atoms with Gasteiger partial charge in [0.15, 0.2) is 11.2 Å². The minimum absolute atomic E-state index is 0.165. The SMILES string of the molecule is O=C(O)Cc1nc2ncc(Br)cc2o1. The van der Waals surface area contributed by atoms with Crippen molar-refractivity contribution in [2.24, 2.45) is 0 Å². The molecule has 0 spiro atoms. The van der Waals surface area contributed by atoms with E-state index in [9.17, 15) is 4.79 Å². The third-order valence-corrected chi connectivity index (χ3v) is 1.99. The summed E-state index contributed by atoms with van der Waals surface area (Å²) in [5, 5.41) is 8.52. The maximum Gasteiger partial charge on any atom is 0.312 e. The molecule has 0 bridgehead atoms. The van der Waals surface area contributed by atoms with Crippen molar-refractivity contribution in [1.82, 2.24) is 9.97 Å². The van der Waals surface area contributed by atoms with Gasteiger partial charge in [-0.3, -0.25) is 4.79 Å². The van der Waals surface area contributed by atoms with Gasteiger partial charge in [-0.15, -0.1) is 0 Å². The first kappa shape index (κ1) is 9.14. The fraction of sp³-hybridized carbons (Fsp3) is 0.125. The van der Waals surface area contributed by atoms with Gasteiger partial charge >= 0.3 is 5.97 Å². The van der Waals surface area contributed by atoms with Crippen LogP contribution in [0.3, 0.4) is 0 Å². The molecule has 0 aliphatic heterocycles. The summed E-state index contributed by atoms with van der Waals surface area (Å²) in [5.41, 5.74) is 0.903. The van der Waals surface area contributed by atoms with E-state index >= 15 is 0 Å². The van der Waals surface area contributed by atoms with Crippen molar-refractivity contribution in [3.8, 4) is 0 Å². The maximum atomic E-state index is 10.4. The van der Waals surface area contributed by atoms with Crippen LogP contribution in [0.5, 0.6) is 0 Å². The molecular formula is C8H5BrN2O3. The van der Waals surface area contributed by atoms with Crippen molar-refractivity contribution in [3.05, 3.63) is 22.6 Å².